The van der Waals surface area contributed by atoms with Crippen LogP contribution < -0.4 is 4.99 Å². The van der Waals surface area contributed by atoms with E-state index >= 15 is 0 Å². The first kappa shape index (κ1) is 3.53. The standard InChI is InChI=1S/C4H6N2/c1-2-5-4-6-3-1/h2-3H,1,4H2/q+1. The third-order valence-electron chi connectivity index (χ3n) is 0.632. The van der Waals surface area contributed by atoms with Crippen molar-refractivity contribution in [2.24, 2.45) is 4.99 Å². The van der Waals surface area contributed by atoms with Crippen LogP contribution in [0.1, 0.15) is 6.42 Å². The number of nitrogens with zero attached hydrogens (tertiary/aromatic N) is 2. The van der Waals surface area contributed by atoms with Crippen LogP contribution in [0.4, 0.5) is 0 Å². The van der Waals surface area contributed by atoms with Crippen molar-refractivity contribution in [1.29, 1.82) is 0 Å². The van der Waals surface area contributed by atoms with Crippen LogP contribution in [-0.2, 0) is 0 Å². The van der Waals surface area contributed by atoms with Gasteiger partial charge in [0.25, 0.3) is 0 Å². The fourth-order valence-electron chi connectivity index (χ4n) is 0.359. The molecule has 0 unspecified atom stereocenters. The summed E-state index contributed by atoms with van der Waals surface area (Å²) in [5, 5.41) is 0. The molecule has 0 spiro atoms. The van der Waals surface area contributed by atoms with Gasteiger partial charge in [0.15, 0.2) is 0 Å². The van der Waals surface area contributed by atoms with E-state index in [9.17, 15) is 0 Å². The zero-order valence-electron chi connectivity index (χ0n) is 3.46. The second kappa shape index (κ2) is 1.70. The quantitative estimate of drug-likeness (QED) is 0.388. The second-order valence-electron chi connectivity index (χ2n) is 1.11. The van der Waals surface area contributed by atoms with Gasteiger partial charge in [0, 0.05) is 11.2 Å². The molecule has 0 aromatic heterocycles. The van der Waals surface area contributed by atoms with Gasteiger partial charge in [-0.1, -0.05) is 0 Å². The van der Waals surface area contributed by atoms with E-state index in [1.807, 2.05) is 12.4 Å². The molecule has 0 amide bonds. The van der Waals surface area contributed by atoms with Crippen molar-refractivity contribution in [2.45, 2.75) is 6.42 Å². The van der Waals surface area contributed by atoms with Gasteiger partial charge in [0.1, 0.15) is 0 Å². The Hall–Kier alpha value is -0.660. The van der Waals surface area contributed by atoms with Gasteiger partial charge in [0.05, 0.1) is 6.42 Å². The van der Waals surface area contributed by atoms with Crippen LogP contribution in [0, 0.1) is 0 Å². The van der Waals surface area contributed by atoms with E-state index in [1.165, 1.54) is 0 Å². The van der Waals surface area contributed by atoms with Crippen molar-refractivity contribution >= 4 is 12.4 Å². The summed E-state index contributed by atoms with van der Waals surface area (Å²) in [6.45, 7) is 0.639. The Bertz CT molecular complexity index is 63.5. The van der Waals surface area contributed by atoms with Crippen molar-refractivity contribution in [3.8, 4) is 0 Å². The topological polar surface area (TPSA) is 26.5 Å². The van der Waals surface area contributed by atoms with Crippen LogP contribution in [0.15, 0.2) is 4.99 Å². The summed E-state index contributed by atoms with van der Waals surface area (Å²) in [5.74, 6) is 0. The second-order valence-corrected chi connectivity index (χ2v) is 1.11. The largest absolute Gasteiger partial charge is 0.300 e. The highest BCUT2D eigenvalue weighted by atomic mass is 14.9. The summed E-state index contributed by atoms with van der Waals surface area (Å²) in [4.78, 5) is 7.71. The molecule has 0 N–H and O–H groups in total. The van der Waals surface area contributed by atoms with E-state index in [2.05, 4.69) is 9.98 Å². The molecule has 0 saturated carbocycles. The molecular weight excluding hydrogens is 76.1 g/mol. The lowest BCUT2D eigenvalue weighted by molar-refractivity contribution is 0.964. The van der Waals surface area contributed by atoms with Crippen LogP contribution >= 0.6 is 0 Å². The van der Waals surface area contributed by atoms with Gasteiger partial charge in [-0.3, -0.25) is 0 Å². The number of rotatable bonds is 0. The van der Waals surface area contributed by atoms with E-state index in [1.54, 1.807) is 0 Å². The zero-order valence-corrected chi connectivity index (χ0v) is 3.46. The molecule has 1 rings (SSSR count). The molecule has 31 valence electrons. The average Bonchev–Trinajstić information content (AvgIpc) is 1.72. The molecule has 0 atom stereocenters. The monoisotopic (exact) mass is 82.1 g/mol. The third kappa shape index (κ3) is 0.641. The molecule has 0 aliphatic carbocycles. The molecule has 1 aliphatic heterocycles. The van der Waals surface area contributed by atoms with Crippen LogP contribution in [0.2, 0.25) is 0 Å². The minimum atomic E-state index is 0.639. The smallest absolute Gasteiger partial charge is 0.227 e. The van der Waals surface area contributed by atoms with E-state index < -0.39 is 0 Å². The Morgan fingerprint density at radius 1 is 1.67 bits per heavy atom. The maximum absolute atomic E-state index is 3.85. The van der Waals surface area contributed by atoms with Crippen molar-refractivity contribution in [3.63, 3.8) is 0 Å². The first-order valence-electron chi connectivity index (χ1n) is 1.97. The molecule has 0 fully saturated rings. The fraction of sp³-hybridized carbons (Fsp3) is 0.500. The van der Waals surface area contributed by atoms with Gasteiger partial charge in [-0.15, -0.1) is 0 Å². The highest BCUT2D eigenvalue weighted by molar-refractivity contribution is 5.79. The lowest BCUT2D eigenvalue weighted by Gasteiger charge is -1.75. The van der Waals surface area contributed by atoms with Crippen molar-refractivity contribution in [2.75, 3.05) is 6.67 Å². The molecular formula is C4H6N2+. The normalized spacial score (nSPS) is 18.7. The van der Waals surface area contributed by atoms with E-state index in [0.717, 1.165) is 6.42 Å². The summed E-state index contributed by atoms with van der Waals surface area (Å²) in [6.07, 6.45) is 4.65. The predicted octanol–water partition coefficient (Wildman–Crippen LogP) is -0.175. The number of hydrogen-bond donors (Lipinski definition) is 0. The van der Waals surface area contributed by atoms with Crippen LogP contribution in [0.5, 0.6) is 0 Å². The fourth-order valence-corrected chi connectivity index (χ4v) is 0.359. The molecule has 1 radical (unpaired) electrons. The Morgan fingerprint density at radius 2 is 2.67 bits per heavy atom. The summed E-state index contributed by atoms with van der Waals surface area (Å²) >= 11 is 0. The molecule has 6 heavy (non-hydrogen) atoms. The minimum Gasteiger partial charge on any atom is -0.227 e. The third-order valence-corrected chi connectivity index (χ3v) is 0.632. The summed E-state index contributed by atoms with van der Waals surface area (Å²) < 4.78 is 0. The number of aliphatic imine (C=N–C) groups is 2. The number of hydrogen-bond acceptors (Lipinski definition) is 2. The predicted molar refractivity (Wildman–Crippen MR) is 26.2 cm³/mol. The molecule has 0 bridgehead atoms. The molecule has 2 nitrogen and oxygen atoms in total. The molecule has 0 aromatic rings. The van der Waals surface area contributed by atoms with Crippen molar-refractivity contribution < 1.29 is 0 Å². The SMILES string of the molecule is C1=NC[N+]=CC1. The van der Waals surface area contributed by atoms with Crippen LogP contribution in [0.3, 0.4) is 0 Å². The summed E-state index contributed by atoms with van der Waals surface area (Å²) in [5.41, 5.74) is 0. The van der Waals surface area contributed by atoms with Crippen molar-refractivity contribution in [3.05, 3.63) is 0 Å². The Morgan fingerprint density at radius 3 is 2.83 bits per heavy atom. The van der Waals surface area contributed by atoms with Crippen LogP contribution in [0.25, 0.3) is 0 Å². The van der Waals surface area contributed by atoms with Gasteiger partial charge < -0.3 is 0 Å². The van der Waals surface area contributed by atoms with E-state index in [-0.39, 0.29) is 0 Å². The highest BCUT2D eigenvalue weighted by Gasteiger charge is 1.90. The maximum Gasteiger partial charge on any atom is 0.300 e. The first-order chi connectivity index (χ1) is 3.00. The molecule has 0 aromatic carbocycles. The van der Waals surface area contributed by atoms with Gasteiger partial charge in [-0.05, 0) is 0 Å². The van der Waals surface area contributed by atoms with Gasteiger partial charge >= 0.3 is 6.67 Å². The summed E-state index contributed by atoms with van der Waals surface area (Å²) in [6, 6.07) is 0. The zero-order chi connectivity index (χ0) is 4.24. The van der Waals surface area contributed by atoms with Gasteiger partial charge in [0.2, 0.25) is 6.21 Å². The van der Waals surface area contributed by atoms with E-state index in [0.29, 0.717) is 6.67 Å². The Kier molecular flexibility index (Phi) is 0.998. The minimum absolute atomic E-state index is 0.639. The Balaban J connectivity index is 2.40. The molecule has 1 aliphatic rings. The molecule has 0 saturated heterocycles. The lowest BCUT2D eigenvalue weighted by atomic mass is 10.5. The van der Waals surface area contributed by atoms with E-state index in [4.69, 9.17) is 0 Å². The van der Waals surface area contributed by atoms with Gasteiger partial charge in [-0.2, -0.15) is 0 Å². The van der Waals surface area contributed by atoms with Crippen molar-refractivity contribution in [1.82, 2.24) is 4.99 Å². The highest BCUT2D eigenvalue weighted by Crippen LogP contribution is 1.70. The van der Waals surface area contributed by atoms with Crippen LogP contribution in [-0.4, -0.2) is 19.1 Å². The first-order valence-corrected chi connectivity index (χ1v) is 1.97. The maximum atomic E-state index is 3.85. The van der Waals surface area contributed by atoms with Gasteiger partial charge in [-0.25, -0.2) is 4.99 Å². The average molecular weight is 82.1 g/mol. The Labute approximate surface area is 36.6 Å². The molecule has 1 heterocycles. The molecule has 2 heteroatoms. The lowest BCUT2D eigenvalue weighted by Crippen LogP contribution is -1.99. The summed E-state index contributed by atoms with van der Waals surface area (Å²) in [7, 11) is 0.